The summed E-state index contributed by atoms with van der Waals surface area (Å²) in [6, 6.07) is 4.68. The molecule has 1 aliphatic heterocycles. The van der Waals surface area contributed by atoms with Gasteiger partial charge in [0, 0.05) is 27.2 Å². The molecule has 1 N–H and O–H groups in total. The monoisotopic (exact) mass is 532 g/mol. The maximum atomic E-state index is 13.2. The molecule has 0 atom stereocenters. The average molecular weight is 533 g/mol. The first-order valence-corrected chi connectivity index (χ1v) is 13.1. The molecule has 0 radical (unpaired) electrons. The number of carbonyl (C=O) groups is 2. The minimum absolute atomic E-state index is 0.0135. The molecule has 3 heterocycles. The van der Waals surface area contributed by atoms with Crippen LogP contribution >= 0.6 is 0 Å². The van der Waals surface area contributed by atoms with Crippen molar-refractivity contribution in [1.82, 2.24) is 23.0 Å². The summed E-state index contributed by atoms with van der Waals surface area (Å²) >= 11 is 0. The normalized spacial score (nSPS) is 14.6. The standard InChI is InChI=1S/C23H28N6O7S/c1-15-7-8-16(17(11-15)37(34,35)29-9-5-4-6-10-29)25-18(30)13-36-19(31)12-28-14-24-21-20(28)22(32)27(3)23(33)26(21)2/h7-8,11,14H,4-6,9-10,12-13H2,1-3H3,(H,25,30). The Kier molecular flexibility index (Phi) is 7.32. The molecule has 3 aromatic rings. The fraction of sp³-hybridized carbons (Fsp3) is 0.435. The van der Waals surface area contributed by atoms with Gasteiger partial charge in [-0.15, -0.1) is 0 Å². The Balaban J connectivity index is 1.45. The zero-order chi connectivity index (χ0) is 26.9. The number of esters is 1. The average Bonchev–Trinajstić information content (AvgIpc) is 3.30. The van der Waals surface area contributed by atoms with Crippen molar-refractivity contribution in [1.29, 1.82) is 0 Å². The van der Waals surface area contributed by atoms with Gasteiger partial charge in [-0.2, -0.15) is 4.31 Å². The van der Waals surface area contributed by atoms with Gasteiger partial charge in [0.05, 0.1) is 12.0 Å². The van der Waals surface area contributed by atoms with Crippen molar-refractivity contribution in [3.63, 3.8) is 0 Å². The molecule has 0 saturated carbocycles. The van der Waals surface area contributed by atoms with Crippen LogP contribution in [-0.2, 0) is 45.0 Å². The van der Waals surface area contributed by atoms with Gasteiger partial charge >= 0.3 is 11.7 Å². The number of imidazole rings is 1. The molecule has 4 rings (SSSR count). The van der Waals surface area contributed by atoms with Crippen LogP contribution in [0.1, 0.15) is 24.8 Å². The Labute approximate surface area is 212 Å². The minimum Gasteiger partial charge on any atom is -0.454 e. The first-order valence-electron chi connectivity index (χ1n) is 11.7. The molecule has 1 fully saturated rings. The predicted octanol–water partition coefficient (Wildman–Crippen LogP) is 0.0986. The van der Waals surface area contributed by atoms with Crippen molar-refractivity contribution in [3.8, 4) is 0 Å². The molecule has 2 aromatic heterocycles. The molecule has 0 spiro atoms. The van der Waals surface area contributed by atoms with Gasteiger partial charge in [-0.3, -0.25) is 23.5 Å². The summed E-state index contributed by atoms with van der Waals surface area (Å²) in [5.41, 5.74) is -0.208. The topological polar surface area (TPSA) is 155 Å². The molecule has 1 saturated heterocycles. The van der Waals surface area contributed by atoms with Crippen molar-refractivity contribution in [2.45, 2.75) is 37.6 Å². The smallest absolute Gasteiger partial charge is 0.332 e. The van der Waals surface area contributed by atoms with Gasteiger partial charge in [0.25, 0.3) is 11.5 Å². The van der Waals surface area contributed by atoms with Crippen molar-refractivity contribution >= 4 is 38.8 Å². The Morgan fingerprint density at radius 2 is 1.78 bits per heavy atom. The SMILES string of the molecule is Cc1ccc(NC(=O)COC(=O)Cn2cnc3c2c(=O)n(C)c(=O)n3C)c(S(=O)(=O)N2CCCCC2)c1. The van der Waals surface area contributed by atoms with E-state index in [-0.39, 0.29) is 21.7 Å². The lowest BCUT2D eigenvalue weighted by Crippen LogP contribution is -2.37. The van der Waals surface area contributed by atoms with Crippen LogP contribution in [0, 0.1) is 6.92 Å². The van der Waals surface area contributed by atoms with Crippen molar-refractivity contribution in [3.05, 3.63) is 50.9 Å². The number of rotatable bonds is 7. The van der Waals surface area contributed by atoms with E-state index in [2.05, 4.69) is 10.3 Å². The highest BCUT2D eigenvalue weighted by molar-refractivity contribution is 7.89. The molecule has 0 aliphatic carbocycles. The van der Waals surface area contributed by atoms with E-state index in [0.717, 1.165) is 29.4 Å². The van der Waals surface area contributed by atoms with Crippen LogP contribution in [0.2, 0.25) is 0 Å². The third kappa shape index (κ3) is 5.20. The van der Waals surface area contributed by atoms with Gasteiger partial charge in [0.1, 0.15) is 11.4 Å². The highest BCUT2D eigenvalue weighted by atomic mass is 32.2. The number of fused-ring (bicyclic) bond motifs is 1. The van der Waals surface area contributed by atoms with Gasteiger partial charge in [0.15, 0.2) is 17.8 Å². The Morgan fingerprint density at radius 1 is 1.08 bits per heavy atom. The number of hydrogen-bond donors (Lipinski definition) is 1. The number of nitrogens with one attached hydrogen (secondary N) is 1. The predicted molar refractivity (Wildman–Crippen MR) is 134 cm³/mol. The summed E-state index contributed by atoms with van der Waals surface area (Å²) in [4.78, 5) is 53.5. The first kappa shape index (κ1) is 26.3. The largest absolute Gasteiger partial charge is 0.454 e. The van der Waals surface area contributed by atoms with E-state index >= 15 is 0 Å². The summed E-state index contributed by atoms with van der Waals surface area (Å²) in [6.07, 6.45) is 3.75. The van der Waals surface area contributed by atoms with E-state index in [9.17, 15) is 27.6 Å². The third-order valence-electron chi connectivity index (χ3n) is 6.22. The molecule has 0 unspecified atom stereocenters. The Bertz CT molecular complexity index is 1600. The van der Waals surface area contributed by atoms with E-state index in [1.807, 2.05) is 0 Å². The highest BCUT2D eigenvalue weighted by Gasteiger charge is 2.29. The highest BCUT2D eigenvalue weighted by Crippen LogP contribution is 2.28. The number of amides is 1. The number of anilines is 1. The van der Waals surface area contributed by atoms with Gasteiger partial charge < -0.3 is 14.6 Å². The Morgan fingerprint density at radius 3 is 2.49 bits per heavy atom. The number of benzene rings is 1. The molecule has 198 valence electrons. The second kappa shape index (κ2) is 10.3. The molecule has 13 nitrogen and oxygen atoms in total. The summed E-state index contributed by atoms with van der Waals surface area (Å²) in [5, 5.41) is 2.52. The summed E-state index contributed by atoms with van der Waals surface area (Å²) in [7, 11) is -1.05. The second-order valence-electron chi connectivity index (χ2n) is 8.92. The lowest BCUT2D eigenvalue weighted by atomic mass is 10.2. The van der Waals surface area contributed by atoms with E-state index < -0.39 is 46.3 Å². The van der Waals surface area contributed by atoms with Gasteiger partial charge in [0.2, 0.25) is 10.0 Å². The van der Waals surface area contributed by atoms with Crippen molar-refractivity contribution < 1.29 is 22.7 Å². The number of hydrogen-bond acceptors (Lipinski definition) is 8. The van der Waals surface area contributed by atoms with Crippen molar-refractivity contribution in [2.24, 2.45) is 14.1 Å². The Hall–Kier alpha value is -3.78. The molecule has 0 bridgehead atoms. The zero-order valence-corrected chi connectivity index (χ0v) is 21.6. The lowest BCUT2D eigenvalue weighted by Gasteiger charge is -2.27. The second-order valence-corrected chi connectivity index (χ2v) is 10.8. The molecule has 1 aromatic carbocycles. The van der Waals surface area contributed by atoms with Crippen LogP contribution in [0.15, 0.2) is 39.0 Å². The van der Waals surface area contributed by atoms with Gasteiger partial charge in [-0.1, -0.05) is 12.5 Å². The van der Waals surface area contributed by atoms with E-state index in [1.165, 1.54) is 46.0 Å². The van der Waals surface area contributed by atoms with Crippen LogP contribution < -0.4 is 16.6 Å². The molecule has 1 aliphatic rings. The molecule has 37 heavy (non-hydrogen) atoms. The number of carbonyl (C=O) groups excluding carboxylic acids is 2. The van der Waals surface area contributed by atoms with Crippen LogP contribution in [0.5, 0.6) is 0 Å². The lowest BCUT2D eigenvalue weighted by molar-refractivity contribution is -0.147. The summed E-state index contributed by atoms with van der Waals surface area (Å²) < 4.78 is 36.2. The number of aromatic nitrogens is 4. The van der Waals surface area contributed by atoms with Crippen LogP contribution in [-0.4, -0.2) is 63.0 Å². The fourth-order valence-electron chi connectivity index (χ4n) is 4.22. The quantitative estimate of drug-likeness (QED) is 0.420. The molecular weight excluding hydrogens is 504 g/mol. The van der Waals surface area contributed by atoms with Crippen LogP contribution in [0.25, 0.3) is 11.2 Å². The van der Waals surface area contributed by atoms with E-state index in [4.69, 9.17) is 4.74 Å². The third-order valence-corrected chi connectivity index (χ3v) is 8.16. The molecule has 1 amide bonds. The van der Waals surface area contributed by atoms with Crippen LogP contribution in [0.3, 0.4) is 0 Å². The van der Waals surface area contributed by atoms with Crippen molar-refractivity contribution in [2.75, 3.05) is 25.0 Å². The maximum absolute atomic E-state index is 13.2. The minimum atomic E-state index is -3.82. The van der Waals surface area contributed by atoms with Gasteiger partial charge in [-0.25, -0.2) is 18.2 Å². The van der Waals surface area contributed by atoms with Crippen LogP contribution in [0.4, 0.5) is 5.69 Å². The maximum Gasteiger partial charge on any atom is 0.332 e. The number of sulfonamides is 1. The zero-order valence-electron chi connectivity index (χ0n) is 20.8. The number of aryl methyl sites for hydroxylation is 2. The number of ether oxygens (including phenoxy) is 1. The van der Waals surface area contributed by atoms with E-state index in [0.29, 0.717) is 13.1 Å². The number of nitrogens with zero attached hydrogens (tertiary/aromatic N) is 5. The van der Waals surface area contributed by atoms with Gasteiger partial charge in [-0.05, 0) is 37.5 Å². The summed E-state index contributed by atoms with van der Waals surface area (Å²) in [5.74, 6) is -1.54. The first-order chi connectivity index (χ1) is 17.5. The summed E-state index contributed by atoms with van der Waals surface area (Å²) in [6.45, 7) is 1.51. The molecule has 14 heteroatoms. The van der Waals surface area contributed by atoms with E-state index in [1.54, 1.807) is 13.0 Å². The molecular formula is C23H28N6O7S. The number of piperidine rings is 1. The fourth-order valence-corrected chi connectivity index (χ4v) is 5.97.